The number of aromatic amines is 1. The largest absolute Gasteiger partial charge is 0.367 e. The van der Waals surface area contributed by atoms with Crippen LogP contribution in [0.25, 0.3) is 10.9 Å². The topological polar surface area (TPSA) is 98.8 Å². The molecule has 8 nitrogen and oxygen atoms in total. The zero-order chi connectivity index (χ0) is 21.4. The van der Waals surface area contributed by atoms with Crippen molar-refractivity contribution in [2.24, 2.45) is 0 Å². The molecule has 2 aliphatic rings. The van der Waals surface area contributed by atoms with Gasteiger partial charge in [0.1, 0.15) is 11.6 Å². The number of amides is 1. The molecule has 3 aromatic rings. The van der Waals surface area contributed by atoms with Gasteiger partial charge in [0.25, 0.3) is 0 Å². The minimum atomic E-state index is 0.287. The van der Waals surface area contributed by atoms with E-state index in [0.717, 1.165) is 53.9 Å². The Morgan fingerprint density at radius 1 is 1.23 bits per heavy atom. The summed E-state index contributed by atoms with van der Waals surface area (Å²) in [6, 6.07) is 8.83. The van der Waals surface area contributed by atoms with Gasteiger partial charge in [-0.05, 0) is 51.2 Å². The Hall–Kier alpha value is -3.16. The van der Waals surface area contributed by atoms with Gasteiger partial charge in [0.05, 0.1) is 5.52 Å². The summed E-state index contributed by atoms with van der Waals surface area (Å²) >= 11 is 0. The molecule has 3 aromatic heterocycles. The van der Waals surface area contributed by atoms with E-state index in [2.05, 4.69) is 36.8 Å². The Kier molecular flexibility index (Phi) is 5.21. The Balaban J connectivity index is 1.41. The van der Waals surface area contributed by atoms with Gasteiger partial charge in [0, 0.05) is 54.0 Å². The average molecular weight is 420 g/mol. The van der Waals surface area contributed by atoms with E-state index in [1.54, 1.807) is 6.20 Å². The molecule has 0 radical (unpaired) electrons. The first-order valence-electron chi connectivity index (χ1n) is 11.2. The van der Waals surface area contributed by atoms with Crippen molar-refractivity contribution in [1.82, 2.24) is 25.1 Å². The number of aromatic nitrogens is 4. The van der Waals surface area contributed by atoms with Gasteiger partial charge in [-0.15, -0.1) is 0 Å². The van der Waals surface area contributed by atoms with Crippen molar-refractivity contribution in [1.29, 1.82) is 0 Å². The van der Waals surface area contributed by atoms with Gasteiger partial charge in [-0.3, -0.25) is 14.9 Å². The quantitative estimate of drug-likeness (QED) is 0.575. The van der Waals surface area contributed by atoms with Crippen molar-refractivity contribution in [3.05, 3.63) is 36.2 Å². The average Bonchev–Trinajstić information content (AvgIpc) is 3.17. The molecular formula is C23H29N7O. The number of hydrogen-bond acceptors (Lipinski definition) is 6. The standard InChI is InChI=1S/C23H29N7O/c1-3-22(31)30-16-6-4-7-17(30)12-15(11-16)25-23-18-8-5-9-24-19(18)13-20(27-23)26-21-10-14(2)28-29-21/h5,8-10,13,15-17H,3-4,6-7,11-12H2,1-2H3,(H3,25,26,27,28,29)/t15?,16-,17+. The molecule has 2 aliphatic heterocycles. The molecule has 8 heteroatoms. The Morgan fingerprint density at radius 2 is 2.03 bits per heavy atom. The maximum atomic E-state index is 12.5. The van der Waals surface area contributed by atoms with Crippen LogP contribution in [-0.2, 0) is 4.79 Å². The fourth-order valence-electron chi connectivity index (χ4n) is 5.14. The fourth-order valence-corrected chi connectivity index (χ4v) is 5.14. The van der Waals surface area contributed by atoms with Crippen molar-refractivity contribution in [2.45, 2.75) is 70.5 Å². The lowest BCUT2D eigenvalue weighted by Crippen LogP contribution is -2.57. The molecule has 0 saturated carbocycles. The van der Waals surface area contributed by atoms with E-state index in [4.69, 9.17) is 4.98 Å². The predicted octanol–water partition coefficient (Wildman–Crippen LogP) is 4.14. The number of carbonyl (C=O) groups is 1. The molecule has 2 saturated heterocycles. The monoisotopic (exact) mass is 419 g/mol. The summed E-state index contributed by atoms with van der Waals surface area (Å²) in [5, 5.41) is 15.2. The van der Waals surface area contributed by atoms with Gasteiger partial charge in [-0.2, -0.15) is 5.10 Å². The zero-order valence-corrected chi connectivity index (χ0v) is 18.1. The number of piperidine rings is 2. The highest BCUT2D eigenvalue weighted by Gasteiger charge is 2.40. The first-order valence-corrected chi connectivity index (χ1v) is 11.2. The smallest absolute Gasteiger partial charge is 0.222 e. The van der Waals surface area contributed by atoms with Crippen LogP contribution in [0.15, 0.2) is 30.5 Å². The number of fused-ring (bicyclic) bond motifs is 3. The van der Waals surface area contributed by atoms with Crippen LogP contribution in [0.4, 0.5) is 17.5 Å². The summed E-state index contributed by atoms with van der Waals surface area (Å²) in [4.78, 5) is 24.1. The van der Waals surface area contributed by atoms with Crippen LogP contribution in [0, 0.1) is 6.92 Å². The van der Waals surface area contributed by atoms with Gasteiger partial charge >= 0.3 is 0 Å². The lowest BCUT2D eigenvalue weighted by molar-refractivity contribution is -0.140. The second-order valence-corrected chi connectivity index (χ2v) is 8.69. The number of anilines is 3. The summed E-state index contributed by atoms with van der Waals surface area (Å²) < 4.78 is 0. The first kappa shape index (κ1) is 19.8. The van der Waals surface area contributed by atoms with Crippen LogP contribution in [0.3, 0.4) is 0 Å². The SMILES string of the molecule is CCC(=O)N1[C@@H]2CCC[C@H]1CC(Nc1nc(Nc3cc(C)[nH]n3)cc3ncccc13)C2. The van der Waals surface area contributed by atoms with E-state index in [0.29, 0.717) is 30.2 Å². The number of aryl methyl sites for hydroxylation is 1. The molecule has 3 N–H and O–H groups in total. The van der Waals surface area contributed by atoms with Crippen LogP contribution in [0.5, 0.6) is 0 Å². The molecule has 31 heavy (non-hydrogen) atoms. The molecule has 0 aromatic carbocycles. The third kappa shape index (κ3) is 3.94. The molecule has 162 valence electrons. The summed E-state index contributed by atoms with van der Waals surface area (Å²) in [6.07, 6.45) is 7.70. The maximum Gasteiger partial charge on any atom is 0.222 e. The molecule has 5 rings (SSSR count). The summed E-state index contributed by atoms with van der Waals surface area (Å²) in [7, 11) is 0. The zero-order valence-electron chi connectivity index (χ0n) is 18.1. The summed E-state index contributed by atoms with van der Waals surface area (Å²) in [5.74, 6) is 2.56. The molecule has 2 fully saturated rings. The van der Waals surface area contributed by atoms with Gasteiger partial charge < -0.3 is 15.5 Å². The third-order valence-electron chi connectivity index (χ3n) is 6.47. The number of nitrogens with zero attached hydrogens (tertiary/aromatic N) is 4. The number of carbonyl (C=O) groups excluding carboxylic acids is 1. The summed E-state index contributed by atoms with van der Waals surface area (Å²) in [5.41, 5.74) is 1.87. The highest BCUT2D eigenvalue weighted by atomic mass is 16.2. The van der Waals surface area contributed by atoms with Crippen molar-refractivity contribution in [3.63, 3.8) is 0 Å². The number of hydrogen-bond donors (Lipinski definition) is 3. The van der Waals surface area contributed by atoms with E-state index in [9.17, 15) is 4.79 Å². The van der Waals surface area contributed by atoms with Crippen molar-refractivity contribution >= 4 is 34.3 Å². The van der Waals surface area contributed by atoms with E-state index in [-0.39, 0.29) is 6.04 Å². The van der Waals surface area contributed by atoms with Gasteiger partial charge in [0.2, 0.25) is 5.91 Å². The Morgan fingerprint density at radius 3 is 2.74 bits per heavy atom. The highest BCUT2D eigenvalue weighted by molar-refractivity contribution is 5.91. The van der Waals surface area contributed by atoms with Crippen molar-refractivity contribution in [2.75, 3.05) is 10.6 Å². The fraction of sp³-hybridized carbons (Fsp3) is 0.478. The number of nitrogens with one attached hydrogen (secondary N) is 3. The lowest BCUT2D eigenvalue weighted by Gasteiger charge is -2.49. The van der Waals surface area contributed by atoms with Gasteiger partial charge in [0.15, 0.2) is 5.82 Å². The normalized spacial score (nSPS) is 23.0. The minimum absolute atomic E-state index is 0.287. The predicted molar refractivity (Wildman–Crippen MR) is 121 cm³/mol. The lowest BCUT2D eigenvalue weighted by atomic mass is 9.81. The van der Waals surface area contributed by atoms with Crippen LogP contribution in [0.2, 0.25) is 0 Å². The van der Waals surface area contributed by atoms with Gasteiger partial charge in [-0.25, -0.2) is 4.98 Å². The van der Waals surface area contributed by atoms with Crippen LogP contribution in [0.1, 0.15) is 51.1 Å². The van der Waals surface area contributed by atoms with Crippen LogP contribution >= 0.6 is 0 Å². The molecular weight excluding hydrogens is 390 g/mol. The van der Waals surface area contributed by atoms with Crippen LogP contribution in [-0.4, -0.2) is 49.1 Å². The van der Waals surface area contributed by atoms with Gasteiger partial charge in [-0.1, -0.05) is 6.92 Å². The first-order chi connectivity index (χ1) is 15.1. The molecule has 0 aliphatic carbocycles. The van der Waals surface area contributed by atoms with E-state index >= 15 is 0 Å². The Labute approximate surface area is 181 Å². The van der Waals surface area contributed by atoms with E-state index < -0.39 is 0 Å². The number of pyridine rings is 2. The van der Waals surface area contributed by atoms with Crippen molar-refractivity contribution < 1.29 is 4.79 Å². The Bertz CT molecular complexity index is 1080. The molecule has 2 bridgehead atoms. The molecule has 0 spiro atoms. The molecule has 5 heterocycles. The van der Waals surface area contributed by atoms with Crippen molar-refractivity contribution in [3.8, 4) is 0 Å². The third-order valence-corrected chi connectivity index (χ3v) is 6.47. The highest BCUT2D eigenvalue weighted by Crippen LogP contribution is 2.36. The number of H-pyrrole nitrogens is 1. The van der Waals surface area contributed by atoms with E-state index in [1.165, 1.54) is 6.42 Å². The maximum absolute atomic E-state index is 12.5. The van der Waals surface area contributed by atoms with E-state index in [1.807, 2.05) is 32.0 Å². The molecule has 1 unspecified atom stereocenters. The second kappa shape index (κ2) is 8.17. The second-order valence-electron chi connectivity index (χ2n) is 8.69. The van der Waals surface area contributed by atoms with Crippen LogP contribution < -0.4 is 10.6 Å². The summed E-state index contributed by atoms with van der Waals surface area (Å²) in [6.45, 7) is 3.93. The molecule has 3 atom stereocenters. The number of rotatable bonds is 5. The minimum Gasteiger partial charge on any atom is -0.367 e. The molecule has 1 amide bonds.